The Balaban J connectivity index is 1.64. The van der Waals surface area contributed by atoms with E-state index >= 15 is 0 Å². The fourth-order valence-corrected chi connectivity index (χ4v) is 5.90. The molecule has 2 aromatic rings. The summed E-state index contributed by atoms with van der Waals surface area (Å²) >= 11 is 0. The van der Waals surface area contributed by atoms with E-state index in [1.807, 2.05) is 18.2 Å². The van der Waals surface area contributed by atoms with Crippen molar-refractivity contribution >= 4 is 21.6 Å². The number of amides is 1. The second kappa shape index (κ2) is 8.28. The number of anilines is 1. The van der Waals surface area contributed by atoms with Crippen LogP contribution in [0.25, 0.3) is 0 Å². The Morgan fingerprint density at radius 1 is 0.931 bits per heavy atom. The van der Waals surface area contributed by atoms with Crippen LogP contribution in [0, 0.1) is 0 Å². The number of para-hydroxylation sites is 1. The predicted molar refractivity (Wildman–Crippen MR) is 115 cm³/mol. The van der Waals surface area contributed by atoms with Gasteiger partial charge in [-0.3, -0.25) is 4.79 Å². The van der Waals surface area contributed by atoms with Crippen molar-refractivity contribution in [3.8, 4) is 0 Å². The number of sulfonamides is 1. The molecule has 0 aromatic heterocycles. The number of carbonyl (C=O) groups is 1. The molecule has 154 valence electrons. The normalized spacial score (nSPS) is 20.7. The number of hydrogen-bond acceptors (Lipinski definition) is 3. The third-order valence-electron chi connectivity index (χ3n) is 6.07. The van der Waals surface area contributed by atoms with Crippen molar-refractivity contribution < 1.29 is 13.2 Å². The zero-order chi connectivity index (χ0) is 20.4. The Kier molecular flexibility index (Phi) is 5.74. The van der Waals surface area contributed by atoms with Crippen LogP contribution in [0.15, 0.2) is 53.4 Å². The van der Waals surface area contributed by atoms with E-state index in [4.69, 9.17) is 0 Å². The Morgan fingerprint density at radius 2 is 1.66 bits per heavy atom. The largest absolute Gasteiger partial charge is 0.308 e. The van der Waals surface area contributed by atoms with Crippen LogP contribution in [0.3, 0.4) is 0 Å². The van der Waals surface area contributed by atoms with Crippen LogP contribution in [0.4, 0.5) is 5.69 Å². The van der Waals surface area contributed by atoms with Crippen LogP contribution < -0.4 is 4.90 Å². The molecule has 2 heterocycles. The Labute approximate surface area is 173 Å². The molecule has 5 nitrogen and oxygen atoms in total. The summed E-state index contributed by atoms with van der Waals surface area (Å²) in [5.41, 5.74) is 2.52. The lowest BCUT2D eigenvalue weighted by Crippen LogP contribution is -2.36. The van der Waals surface area contributed by atoms with Gasteiger partial charge in [0.25, 0.3) is 5.91 Å². The second-order valence-electron chi connectivity index (χ2n) is 8.05. The summed E-state index contributed by atoms with van der Waals surface area (Å²) in [4.78, 5) is 15.3. The standard InChI is InChI=1S/C23H28N2O3S/c1-18-13-16-25(22-12-5-4-11-21(18)22)23(26)19-9-8-10-20(17-19)29(27,28)24-14-6-2-3-7-15-24/h4-5,8-12,17-18H,2-3,6-7,13-16H2,1H3. The molecule has 0 spiro atoms. The Hall–Kier alpha value is -2.18. The van der Waals surface area contributed by atoms with Gasteiger partial charge < -0.3 is 4.90 Å². The molecule has 0 N–H and O–H groups in total. The first-order chi connectivity index (χ1) is 14.0. The fraction of sp³-hybridized carbons (Fsp3) is 0.435. The Morgan fingerprint density at radius 3 is 2.41 bits per heavy atom. The first-order valence-electron chi connectivity index (χ1n) is 10.5. The zero-order valence-electron chi connectivity index (χ0n) is 16.9. The molecule has 2 aromatic carbocycles. The highest BCUT2D eigenvalue weighted by Crippen LogP contribution is 2.35. The average molecular weight is 413 g/mol. The summed E-state index contributed by atoms with van der Waals surface area (Å²) in [6, 6.07) is 14.5. The topological polar surface area (TPSA) is 57.7 Å². The molecule has 1 atom stereocenters. The van der Waals surface area contributed by atoms with Gasteiger partial charge in [0.1, 0.15) is 0 Å². The number of nitrogens with zero attached hydrogens (tertiary/aromatic N) is 2. The van der Waals surface area contributed by atoms with Crippen molar-refractivity contribution in [2.45, 2.75) is 49.8 Å². The third kappa shape index (κ3) is 3.96. The smallest absolute Gasteiger partial charge is 0.258 e. The molecule has 1 saturated heterocycles. The Bertz CT molecular complexity index is 995. The third-order valence-corrected chi connectivity index (χ3v) is 7.97. The number of fused-ring (bicyclic) bond motifs is 1. The van der Waals surface area contributed by atoms with Gasteiger partial charge in [-0.05, 0) is 55.0 Å². The summed E-state index contributed by atoms with van der Waals surface area (Å²) in [5.74, 6) is 0.266. The SMILES string of the molecule is CC1CCN(C(=O)c2cccc(S(=O)(=O)N3CCCCCC3)c2)c2ccccc21. The van der Waals surface area contributed by atoms with Gasteiger partial charge in [0.05, 0.1) is 4.90 Å². The molecule has 2 aliphatic heterocycles. The summed E-state index contributed by atoms with van der Waals surface area (Å²) in [6.07, 6.45) is 4.81. The van der Waals surface area contributed by atoms with Crippen molar-refractivity contribution in [2.75, 3.05) is 24.5 Å². The quantitative estimate of drug-likeness (QED) is 0.751. The van der Waals surface area contributed by atoms with Crippen LogP contribution in [0.5, 0.6) is 0 Å². The monoisotopic (exact) mass is 412 g/mol. The van der Waals surface area contributed by atoms with Crippen LogP contribution in [-0.2, 0) is 10.0 Å². The minimum absolute atomic E-state index is 0.141. The highest BCUT2D eigenvalue weighted by molar-refractivity contribution is 7.89. The van der Waals surface area contributed by atoms with Gasteiger partial charge in [0.2, 0.25) is 10.0 Å². The summed E-state index contributed by atoms with van der Waals surface area (Å²) in [7, 11) is -3.58. The highest BCUT2D eigenvalue weighted by atomic mass is 32.2. The first-order valence-corrected chi connectivity index (χ1v) is 11.9. The molecule has 0 bridgehead atoms. The number of hydrogen-bond donors (Lipinski definition) is 0. The van der Waals surface area contributed by atoms with E-state index < -0.39 is 10.0 Å². The van der Waals surface area contributed by atoms with Crippen LogP contribution in [0.1, 0.15) is 60.9 Å². The van der Waals surface area contributed by atoms with Crippen molar-refractivity contribution in [3.05, 3.63) is 59.7 Å². The molecule has 1 fully saturated rings. The van der Waals surface area contributed by atoms with Gasteiger partial charge in [-0.15, -0.1) is 0 Å². The van der Waals surface area contributed by atoms with Crippen molar-refractivity contribution in [1.82, 2.24) is 4.31 Å². The van der Waals surface area contributed by atoms with Crippen molar-refractivity contribution in [2.24, 2.45) is 0 Å². The molecule has 2 aliphatic rings. The van der Waals surface area contributed by atoms with Crippen molar-refractivity contribution in [1.29, 1.82) is 0 Å². The van der Waals surface area contributed by atoms with Gasteiger partial charge in [0.15, 0.2) is 0 Å². The van der Waals surface area contributed by atoms with E-state index in [1.54, 1.807) is 33.5 Å². The van der Waals surface area contributed by atoms with E-state index in [0.717, 1.165) is 37.8 Å². The van der Waals surface area contributed by atoms with Crippen molar-refractivity contribution in [3.63, 3.8) is 0 Å². The molecular weight excluding hydrogens is 384 g/mol. The molecule has 0 radical (unpaired) electrons. The summed E-state index contributed by atoms with van der Waals surface area (Å²) < 4.78 is 27.8. The van der Waals surface area contributed by atoms with Gasteiger partial charge in [0, 0.05) is 30.9 Å². The molecule has 4 rings (SSSR count). The van der Waals surface area contributed by atoms with E-state index in [9.17, 15) is 13.2 Å². The maximum absolute atomic E-state index is 13.3. The van der Waals surface area contributed by atoms with Gasteiger partial charge >= 0.3 is 0 Å². The van der Waals surface area contributed by atoms with Crippen LogP contribution in [-0.4, -0.2) is 38.3 Å². The maximum atomic E-state index is 13.3. The molecule has 1 unspecified atom stereocenters. The molecule has 0 saturated carbocycles. The van der Waals surface area contributed by atoms with Gasteiger partial charge in [-0.2, -0.15) is 4.31 Å². The molecule has 6 heteroatoms. The number of rotatable bonds is 3. The van der Waals surface area contributed by atoms with E-state index in [1.165, 1.54) is 5.56 Å². The average Bonchev–Trinajstić information content (AvgIpc) is 3.04. The maximum Gasteiger partial charge on any atom is 0.258 e. The molecule has 29 heavy (non-hydrogen) atoms. The lowest BCUT2D eigenvalue weighted by Gasteiger charge is -2.33. The highest BCUT2D eigenvalue weighted by Gasteiger charge is 2.29. The lowest BCUT2D eigenvalue weighted by molar-refractivity contribution is 0.0984. The van der Waals surface area contributed by atoms with Crippen LogP contribution >= 0.6 is 0 Å². The van der Waals surface area contributed by atoms with Gasteiger partial charge in [-0.25, -0.2) is 8.42 Å². The van der Waals surface area contributed by atoms with Gasteiger partial charge in [-0.1, -0.05) is 44.0 Å². The van der Waals surface area contributed by atoms with Crippen LogP contribution in [0.2, 0.25) is 0 Å². The number of carbonyl (C=O) groups excluding carboxylic acids is 1. The number of benzene rings is 2. The molecule has 1 amide bonds. The van der Waals surface area contributed by atoms with E-state index in [2.05, 4.69) is 13.0 Å². The lowest BCUT2D eigenvalue weighted by atomic mass is 9.91. The minimum atomic E-state index is -3.58. The zero-order valence-corrected chi connectivity index (χ0v) is 17.7. The molecule has 0 aliphatic carbocycles. The summed E-state index contributed by atoms with van der Waals surface area (Å²) in [6.45, 7) is 3.92. The first kappa shape index (κ1) is 20.1. The summed E-state index contributed by atoms with van der Waals surface area (Å²) in [5, 5.41) is 0. The fourth-order valence-electron chi connectivity index (χ4n) is 4.34. The van der Waals surface area contributed by atoms with E-state index in [-0.39, 0.29) is 10.8 Å². The van der Waals surface area contributed by atoms with E-state index in [0.29, 0.717) is 31.1 Å². The second-order valence-corrected chi connectivity index (χ2v) is 9.99. The minimum Gasteiger partial charge on any atom is -0.308 e. The molecular formula is C23H28N2O3S. The predicted octanol–water partition coefficient (Wildman–Crippen LogP) is 4.41.